The third-order valence-corrected chi connectivity index (χ3v) is 9.14. The number of hydrogen-bond acceptors (Lipinski definition) is 6. The summed E-state index contributed by atoms with van der Waals surface area (Å²) in [4.78, 5) is 44.5. The van der Waals surface area contributed by atoms with E-state index in [0.717, 1.165) is 12.8 Å². The predicted octanol–water partition coefficient (Wildman–Crippen LogP) is 2.15. The highest BCUT2D eigenvalue weighted by Gasteiger charge is 2.73. The number of cyclic esters (lactones) is 1. The molecule has 2 amide bonds. The minimum atomic E-state index is -0.836. The number of aliphatic hydroxyl groups excluding tert-OH is 1. The van der Waals surface area contributed by atoms with E-state index in [1.165, 1.54) is 0 Å². The molecule has 176 valence electrons. The Bertz CT molecular complexity index is 844. The summed E-state index contributed by atoms with van der Waals surface area (Å²) in [6, 6.07) is -0.637. The van der Waals surface area contributed by atoms with Crippen molar-refractivity contribution >= 4 is 29.5 Å². The van der Waals surface area contributed by atoms with Crippen LogP contribution in [0.4, 0.5) is 0 Å². The van der Waals surface area contributed by atoms with Crippen LogP contribution in [0.2, 0.25) is 0 Å². The van der Waals surface area contributed by atoms with Crippen molar-refractivity contribution in [2.24, 2.45) is 11.8 Å². The van der Waals surface area contributed by atoms with Gasteiger partial charge in [-0.1, -0.05) is 37.6 Å². The number of hydrogen-bond donors (Lipinski definition) is 1. The molecule has 1 spiro atoms. The average Bonchev–Trinajstić information content (AvgIpc) is 3.05. The van der Waals surface area contributed by atoms with Gasteiger partial charge in [-0.05, 0) is 33.1 Å². The van der Waals surface area contributed by atoms with Crippen molar-refractivity contribution in [3.63, 3.8) is 0 Å². The monoisotopic (exact) mass is 462 g/mol. The Balaban J connectivity index is 1.83. The van der Waals surface area contributed by atoms with Gasteiger partial charge in [0.2, 0.25) is 11.8 Å². The van der Waals surface area contributed by atoms with Gasteiger partial charge in [-0.2, -0.15) is 0 Å². The van der Waals surface area contributed by atoms with Crippen LogP contribution in [0.25, 0.3) is 0 Å². The van der Waals surface area contributed by atoms with E-state index in [1.54, 1.807) is 16.7 Å². The first-order valence-corrected chi connectivity index (χ1v) is 12.6. The van der Waals surface area contributed by atoms with Crippen LogP contribution in [-0.2, 0) is 19.1 Å². The Labute approximate surface area is 194 Å². The summed E-state index contributed by atoms with van der Waals surface area (Å²) >= 11 is 1.56. The molecule has 2 fully saturated rings. The standard InChI is InChI=1S/C24H34N2O5S/c1-4-9-16(2)25-12-7-11-24-17(20(28)26(13-8-14-27)19(24)21(25)29)18-22(30)31-15-6-5-10-23(18,3)32-24/h5,7,10-11,16-19,27H,4,6,8-9,12-15H2,1-3H3/t16?,17-,18-,19?,23+,24-/m0/s1. The first-order valence-electron chi connectivity index (χ1n) is 11.7. The SMILES string of the molecule is CCCC(C)N1CC=C[C@]23S[C@]4(C)C=CCCOC(=O)[C@@H]4[C@H]2C(=O)N(CCCO)C3C1=O. The molecule has 6 atom stereocenters. The number of carbonyl (C=O) groups excluding carboxylic acids is 3. The first-order chi connectivity index (χ1) is 15.3. The smallest absolute Gasteiger partial charge is 0.311 e. The lowest BCUT2D eigenvalue weighted by Crippen LogP contribution is -2.55. The Morgan fingerprint density at radius 3 is 2.72 bits per heavy atom. The Kier molecular flexibility index (Phi) is 6.47. The molecule has 0 aromatic heterocycles. The summed E-state index contributed by atoms with van der Waals surface area (Å²) in [5.41, 5.74) is 0. The van der Waals surface area contributed by atoms with Crippen molar-refractivity contribution in [3.8, 4) is 0 Å². The molecular weight excluding hydrogens is 428 g/mol. The minimum absolute atomic E-state index is 0.0571. The highest BCUT2D eigenvalue weighted by atomic mass is 32.2. The Morgan fingerprint density at radius 1 is 1.22 bits per heavy atom. The number of nitrogens with zero attached hydrogens (tertiary/aromatic N) is 2. The van der Waals surface area contributed by atoms with Crippen LogP contribution >= 0.6 is 11.8 Å². The highest BCUT2D eigenvalue weighted by Crippen LogP contribution is 2.65. The highest BCUT2D eigenvalue weighted by molar-refractivity contribution is 8.02. The van der Waals surface area contributed by atoms with Gasteiger partial charge in [-0.25, -0.2) is 0 Å². The van der Waals surface area contributed by atoms with Crippen LogP contribution < -0.4 is 0 Å². The maximum Gasteiger partial charge on any atom is 0.311 e. The molecule has 2 unspecified atom stereocenters. The zero-order valence-corrected chi connectivity index (χ0v) is 20.0. The van der Waals surface area contributed by atoms with Crippen LogP contribution in [0, 0.1) is 11.8 Å². The van der Waals surface area contributed by atoms with E-state index in [-0.39, 0.29) is 30.4 Å². The number of likely N-dealkylation sites (tertiary alicyclic amines) is 1. The predicted molar refractivity (Wildman–Crippen MR) is 123 cm³/mol. The van der Waals surface area contributed by atoms with E-state index in [4.69, 9.17) is 4.74 Å². The minimum Gasteiger partial charge on any atom is -0.465 e. The number of thioether (sulfide) groups is 1. The van der Waals surface area contributed by atoms with Gasteiger partial charge in [0.05, 0.1) is 23.2 Å². The largest absolute Gasteiger partial charge is 0.465 e. The normalized spacial score (nSPS) is 37.4. The summed E-state index contributed by atoms with van der Waals surface area (Å²) in [6.07, 6.45) is 11.0. The van der Waals surface area contributed by atoms with Gasteiger partial charge in [0.25, 0.3) is 0 Å². The van der Waals surface area contributed by atoms with Crippen molar-refractivity contribution in [3.05, 3.63) is 24.3 Å². The number of amides is 2. The van der Waals surface area contributed by atoms with Crippen molar-refractivity contribution in [1.29, 1.82) is 0 Å². The molecule has 0 radical (unpaired) electrons. The molecule has 7 nitrogen and oxygen atoms in total. The summed E-state index contributed by atoms with van der Waals surface area (Å²) in [6.45, 7) is 7.17. The van der Waals surface area contributed by atoms with Gasteiger partial charge >= 0.3 is 5.97 Å². The molecule has 0 aromatic carbocycles. The summed E-state index contributed by atoms with van der Waals surface area (Å²) in [7, 11) is 0. The van der Waals surface area contributed by atoms with Gasteiger partial charge in [-0.15, -0.1) is 11.8 Å². The number of aliphatic hydroxyl groups is 1. The molecule has 1 N–H and O–H groups in total. The molecule has 0 saturated carbocycles. The van der Waals surface area contributed by atoms with Gasteiger partial charge < -0.3 is 19.6 Å². The number of fused-ring (bicyclic) bond motifs is 2. The van der Waals surface area contributed by atoms with Crippen molar-refractivity contribution < 1.29 is 24.2 Å². The topological polar surface area (TPSA) is 87.2 Å². The Hall–Kier alpha value is -1.80. The van der Waals surface area contributed by atoms with Gasteiger partial charge in [0.1, 0.15) is 6.04 Å². The molecule has 0 bridgehead atoms. The van der Waals surface area contributed by atoms with E-state index in [0.29, 0.717) is 32.5 Å². The molecule has 4 aliphatic rings. The Morgan fingerprint density at radius 2 is 2.00 bits per heavy atom. The maximum atomic E-state index is 14.0. The molecule has 4 rings (SSSR count). The number of esters is 1. The maximum absolute atomic E-state index is 14.0. The van der Waals surface area contributed by atoms with Crippen molar-refractivity contribution in [2.45, 2.75) is 68.0 Å². The second-order valence-corrected chi connectivity index (χ2v) is 11.3. The number of rotatable bonds is 6. The van der Waals surface area contributed by atoms with Gasteiger partial charge in [0.15, 0.2) is 0 Å². The molecule has 4 aliphatic heterocycles. The second-order valence-electron chi connectivity index (χ2n) is 9.50. The molecule has 8 heteroatoms. The van der Waals surface area contributed by atoms with Crippen molar-refractivity contribution in [2.75, 3.05) is 26.3 Å². The fraction of sp³-hybridized carbons (Fsp3) is 0.708. The quantitative estimate of drug-likeness (QED) is 0.481. The van der Waals surface area contributed by atoms with Crippen molar-refractivity contribution in [1.82, 2.24) is 9.80 Å². The summed E-state index contributed by atoms with van der Waals surface area (Å²) < 4.78 is 4.06. The molecule has 2 saturated heterocycles. The van der Waals surface area contributed by atoms with Crippen LogP contribution in [0.3, 0.4) is 0 Å². The lowest BCUT2D eigenvalue weighted by molar-refractivity contribution is -0.154. The average molecular weight is 463 g/mol. The zero-order valence-electron chi connectivity index (χ0n) is 19.2. The fourth-order valence-electron chi connectivity index (χ4n) is 5.96. The molecule has 32 heavy (non-hydrogen) atoms. The van der Waals surface area contributed by atoms with Gasteiger partial charge in [0, 0.05) is 30.5 Å². The third kappa shape index (κ3) is 3.50. The fourth-order valence-corrected chi connectivity index (χ4v) is 8.11. The zero-order chi connectivity index (χ0) is 23.1. The van der Waals surface area contributed by atoms with E-state index < -0.39 is 27.4 Å². The lowest BCUT2D eigenvalue weighted by Gasteiger charge is -2.38. The first kappa shape index (κ1) is 23.4. The van der Waals surface area contributed by atoms with E-state index in [2.05, 4.69) is 13.8 Å². The number of carbonyl (C=O) groups is 3. The molecular formula is C24H34N2O5S. The second kappa shape index (κ2) is 8.86. The van der Waals surface area contributed by atoms with Crippen LogP contribution in [-0.4, -0.2) is 80.6 Å². The van der Waals surface area contributed by atoms with Crippen LogP contribution in [0.1, 0.15) is 46.5 Å². The molecule has 0 aromatic rings. The van der Waals surface area contributed by atoms with Crippen LogP contribution in [0.15, 0.2) is 24.3 Å². The lowest BCUT2D eigenvalue weighted by atomic mass is 9.74. The van der Waals surface area contributed by atoms with Crippen LogP contribution in [0.5, 0.6) is 0 Å². The molecule has 0 aliphatic carbocycles. The summed E-state index contributed by atoms with van der Waals surface area (Å²) in [5, 5.41) is 9.45. The van der Waals surface area contributed by atoms with E-state index >= 15 is 0 Å². The molecule has 4 heterocycles. The van der Waals surface area contributed by atoms with E-state index in [9.17, 15) is 19.5 Å². The summed E-state index contributed by atoms with van der Waals surface area (Å²) in [5.74, 6) is -1.93. The number of ether oxygens (including phenoxy) is 1. The van der Waals surface area contributed by atoms with Gasteiger partial charge in [-0.3, -0.25) is 14.4 Å². The van der Waals surface area contributed by atoms with E-state index in [1.807, 2.05) is 36.1 Å². The third-order valence-electron chi connectivity index (χ3n) is 7.35.